The number of imide groups is 1. The lowest BCUT2D eigenvalue weighted by atomic mass is 10.1. The molecule has 1 unspecified atom stereocenters. The van der Waals surface area contributed by atoms with E-state index in [-0.39, 0.29) is 29.3 Å². The minimum Gasteiger partial charge on any atom is -0.326 e. The van der Waals surface area contributed by atoms with Crippen LogP contribution in [-0.2, 0) is 26.2 Å². The van der Waals surface area contributed by atoms with Gasteiger partial charge in [0.05, 0.1) is 5.02 Å². The predicted molar refractivity (Wildman–Crippen MR) is 75.8 cm³/mol. The second-order valence-electron chi connectivity index (χ2n) is 4.59. The molecule has 0 radical (unpaired) electrons. The van der Waals surface area contributed by atoms with Crippen molar-refractivity contribution in [3.63, 3.8) is 0 Å². The summed E-state index contributed by atoms with van der Waals surface area (Å²) >= 11 is 5.94. The topological polar surface area (TPSA) is 118 Å². The average Bonchev–Trinajstić information content (AvgIpc) is 2.41. The lowest BCUT2D eigenvalue weighted by molar-refractivity contribution is -0.134. The van der Waals surface area contributed by atoms with E-state index in [4.69, 9.17) is 17.3 Å². The lowest BCUT2D eigenvalue weighted by Gasteiger charge is -2.22. The molecule has 1 heterocycles. The zero-order valence-corrected chi connectivity index (χ0v) is 12.5. The maximum atomic E-state index is 12.3. The van der Waals surface area contributed by atoms with E-state index in [1.54, 1.807) is 6.07 Å². The van der Waals surface area contributed by atoms with E-state index in [9.17, 15) is 18.0 Å². The zero-order chi connectivity index (χ0) is 15.6. The number of carbonyl (C=O) groups excluding carboxylic acids is 2. The largest absolute Gasteiger partial charge is 0.326 e. The van der Waals surface area contributed by atoms with Crippen LogP contribution in [0, 0.1) is 0 Å². The molecule has 1 atom stereocenters. The minimum atomic E-state index is -3.96. The molecule has 1 aromatic carbocycles. The van der Waals surface area contributed by atoms with Crippen LogP contribution in [0.4, 0.5) is 0 Å². The van der Waals surface area contributed by atoms with E-state index in [2.05, 4.69) is 10.0 Å². The number of rotatable bonds is 4. The normalized spacial score (nSPS) is 19.4. The van der Waals surface area contributed by atoms with Gasteiger partial charge in [0.15, 0.2) is 0 Å². The first-order chi connectivity index (χ1) is 9.83. The fraction of sp³-hybridized carbons (Fsp3) is 0.333. The number of nitrogens with two attached hydrogens (primary N) is 1. The molecule has 0 saturated carbocycles. The summed E-state index contributed by atoms with van der Waals surface area (Å²) in [5.41, 5.74) is 6.14. The molecule has 1 aromatic rings. The van der Waals surface area contributed by atoms with Crippen molar-refractivity contribution < 1.29 is 18.0 Å². The third kappa shape index (κ3) is 3.59. The highest BCUT2D eigenvalue weighted by molar-refractivity contribution is 7.89. The smallest absolute Gasteiger partial charge is 0.244 e. The Labute approximate surface area is 126 Å². The summed E-state index contributed by atoms with van der Waals surface area (Å²) in [5.74, 6) is -1.08. The number of carbonyl (C=O) groups is 2. The van der Waals surface area contributed by atoms with Crippen LogP contribution in [0.15, 0.2) is 23.1 Å². The molecule has 1 aliphatic rings. The van der Waals surface area contributed by atoms with E-state index in [0.29, 0.717) is 5.56 Å². The summed E-state index contributed by atoms with van der Waals surface area (Å²) in [5, 5.41) is 2.11. The summed E-state index contributed by atoms with van der Waals surface area (Å²) in [7, 11) is -3.96. The van der Waals surface area contributed by atoms with Gasteiger partial charge < -0.3 is 5.73 Å². The molecular formula is C12H14ClN3O4S. The number of nitrogens with one attached hydrogen (secondary N) is 2. The summed E-state index contributed by atoms with van der Waals surface area (Å²) in [6, 6.07) is 3.35. The molecule has 0 aliphatic carbocycles. The molecule has 7 nitrogen and oxygen atoms in total. The Morgan fingerprint density at radius 2 is 2.10 bits per heavy atom. The third-order valence-corrected chi connectivity index (χ3v) is 5.01. The number of amides is 2. The lowest BCUT2D eigenvalue weighted by Crippen LogP contribution is -2.52. The first-order valence-corrected chi connectivity index (χ1v) is 8.04. The molecule has 1 saturated heterocycles. The van der Waals surface area contributed by atoms with Crippen molar-refractivity contribution in [2.24, 2.45) is 5.73 Å². The minimum absolute atomic E-state index is 0.0257. The van der Waals surface area contributed by atoms with Crippen LogP contribution < -0.4 is 15.8 Å². The third-order valence-electron chi connectivity index (χ3n) is 3.06. The quantitative estimate of drug-likeness (QED) is 0.665. The van der Waals surface area contributed by atoms with Gasteiger partial charge in [-0.05, 0) is 24.1 Å². The van der Waals surface area contributed by atoms with E-state index in [1.807, 2.05) is 0 Å². The summed E-state index contributed by atoms with van der Waals surface area (Å²) in [4.78, 5) is 22.5. The van der Waals surface area contributed by atoms with Crippen LogP contribution in [0.25, 0.3) is 0 Å². The van der Waals surface area contributed by atoms with Crippen LogP contribution in [0.3, 0.4) is 0 Å². The SMILES string of the molecule is NCc1ccc(S(=O)(=O)NC2CCC(=O)NC2=O)c(Cl)c1. The Morgan fingerprint density at radius 3 is 2.67 bits per heavy atom. The number of sulfonamides is 1. The number of hydrogen-bond acceptors (Lipinski definition) is 5. The standard InChI is InChI=1S/C12H14ClN3O4S/c13-8-5-7(6-14)1-3-10(8)21(19,20)16-9-2-4-11(17)15-12(9)18/h1,3,5,9,16H,2,4,6,14H2,(H,15,17,18). The molecular weight excluding hydrogens is 318 g/mol. The van der Waals surface area contributed by atoms with Crippen molar-refractivity contribution in [3.05, 3.63) is 28.8 Å². The fourth-order valence-electron chi connectivity index (χ4n) is 1.95. The molecule has 2 rings (SSSR count). The van der Waals surface area contributed by atoms with Crippen molar-refractivity contribution in [1.82, 2.24) is 10.0 Å². The second kappa shape index (κ2) is 6.10. The molecule has 1 aliphatic heterocycles. The molecule has 0 spiro atoms. The van der Waals surface area contributed by atoms with Crippen LogP contribution in [-0.4, -0.2) is 26.3 Å². The van der Waals surface area contributed by atoms with Gasteiger partial charge in [-0.1, -0.05) is 17.7 Å². The van der Waals surface area contributed by atoms with Crippen molar-refractivity contribution in [2.75, 3.05) is 0 Å². The van der Waals surface area contributed by atoms with Gasteiger partial charge in [0.25, 0.3) is 0 Å². The van der Waals surface area contributed by atoms with Gasteiger partial charge in [-0.3, -0.25) is 14.9 Å². The van der Waals surface area contributed by atoms with Crippen molar-refractivity contribution in [3.8, 4) is 0 Å². The van der Waals surface area contributed by atoms with Gasteiger partial charge in [-0.2, -0.15) is 4.72 Å². The van der Waals surface area contributed by atoms with E-state index < -0.39 is 27.9 Å². The molecule has 2 amide bonds. The molecule has 0 bridgehead atoms. The fourth-order valence-corrected chi connectivity index (χ4v) is 3.74. The summed E-state index contributed by atoms with van der Waals surface area (Å²) in [6.45, 7) is 0.237. The monoisotopic (exact) mass is 331 g/mol. The molecule has 114 valence electrons. The van der Waals surface area contributed by atoms with Gasteiger partial charge in [-0.25, -0.2) is 8.42 Å². The van der Waals surface area contributed by atoms with E-state index in [1.165, 1.54) is 12.1 Å². The van der Waals surface area contributed by atoms with Crippen LogP contribution >= 0.6 is 11.6 Å². The van der Waals surface area contributed by atoms with Gasteiger partial charge in [-0.15, -0.1) is 0 Å². The van der Waals surface area contributed by atoms with E-state index in [0.717, 1.165) is 0 Å². The van der Waals surface area contributed by atoms with Gasteiger partial charge in [0.2, 0.25) is 21.8 Å². The van der Waals surface area contributed by atoms with Crippen molar-refractivity contribution >= 4 is 33.4 Å². The van der Waals surface area contributed by atoms with E-state index >= 15 is 0 Å². The highest BCUT2D eigenvalue weighted by Crippen LogP contribution is 2.23. The Bertz CT molecular complexity index is 690. The first-order valence-electron chi connectivity index (χ1n) is 6.18. The number of halogens is 1. The molecule has 1 fully saturated rings. The van der Waals surface area contributed by atoms with Crippen LogP contribution in [0.1, 0.15) is 18.4 Å². The highest BCUT2D eigenvalue weighted by atomic mass is 35.5. The maximum Gasteiger partial charge on any atom is 0.244 e. The molecule has 4 N–H and O–H groups in total. The molecule has 9 heteroatoms. The second-order valence-corrected chi connectivity index (χ2v) is 6.68. The molecule has 21 heavy (non-hydrogen) atoms. The number of benzene rings is 1. The first kappa shape index (κ1) is 15.9. The predicted octanol–water partition coefficient (Wildman–Crippen LogP) is -0.118. The molecule has 0 aromatic heterocycles. The van der Waals surface area contributed by atoms with Gasteiger partial charge >= 0.3 is 0 Å². The van der Waals surface area contributed by atoms with Gasteiger partial charge in [0, 0.05) is 13.0 Å². The summed E-state index contributed by atoms with van der Waals surface area (Å²) in [6.07, 6.45) is 0.196. The van der Waals surface area contributed by atoms with Crippen LogP contribution in [0.5, 0.6) is 0 Å². The van der Waals surface area contributed by atoms with Crippen molar-refractivity contribution in [2.45, 2.75) is 30.3 Å². The Balaban J connectivity index is 2.22. The summed E-state index contributed by atoms with van der Waals surface area (Å²) < 4.78 is 26.8. The Hall–Kier alpha value is -1.48. The van der Waals surface area contributed by atoms with Crippen LogP contribution in [0.2, 0.25) is 5.02 Å². The highest BCUT2D eigenvalue weighted by Gasteiger charge is 2.31. The maximum absolute atomic E-state index is 12.3. The Morgan fingerprint density at radius 1 is 1.38 bits per heavy atom. The Kier molecular flexibility index (Phi) is 4.62. The number of piperidine rings is 1. The average molecular weight is 332 g/mol. The zero-order valence-electron chi connectivity index (χ0n) is 10.9. The van der Waals surface area contributed by atoms with Gasteiger partial charge in [0.1, 0.15) is 10.9 Å². The van der Waals surface area contributed by atoms with Crippen molar-refractivity contribution in [1.29, 1.82) is 0 Å². The number of hydrogen-bond donors (Lipinski definition) is 3.